The molecule has 0 saturated carbocycles. The number of hydrogen-bond donors (Lipinski definition) is 2. The van der Waals surface area contributed by atoms with E-state index in [1.54, 1.807) is 12.1 Å². The number of thiazole rings is 1. The zero-order chi connectivity index (χ0) is 17.9. The van der Waals surface area contributed by atoms with Gasteiger partial charge in [0.15, 0.2) is 20.0 Å². The van der Waals surface area contributed by atoms with Gasteiger partial charge in [-0.15, -0.1) is 11.3 Å². The zero-order valence-corrected chi connectivity index (χ0v) is 14.5. The van der Waals surface area contributed by atoms with Crippen molar-refractivity contribution in [2.75, 3.05) is 11.6 Å². The molecule has 128 valence electrons. The standard InChI is InChI=1S/C14H15N3O5S2/c1-8(15)13(19)22-10-6-4-3-5-9(10)12(18)17-14-16-11(7-23-14)24(2,20)21/h3-8H,15H2,1-2H3,(H,16,17,18)/t8-/m0/s1. The van der Waals surface area contributed by atoms with Crippen LogP contribution in [0.1, 0.15) is 17.3 Å². The smallest absolute Gasteiger partial charge is 0.328 e. The number of anilines is 1. The first-order valence-electron chi connectivity index (χ1n) is 6.71. The maximum Gasteiger partial charge on any atom is 0.328 e. The van der Waals surface area contributed by atoms with E-state index in [0.717, 1.165) is 17.6 Å². The summed E-state index contributed by atoms with van der Waals surface area (Å²) in [5.41, 5.74) is 5.54. The Hall–Kier alpha value is -2.30. The number of sulfone groups is 1. The minimum atomic E-state index is -3.45. The molecule has 2 rings (SSSR count). The number of carbonyl (C=O) groups excluding carboxylic acids is 2. The van der Waals surface area contributed by atoms with Gasteiger partial charge in [-0.25, -0.2) is 18.2 Å². The molecule has 0 spiro atoms. The zero-order valence-electron chi connectivity index (χ0n) is 12.8. The average Bonchev–Trinajstić information content (AvgIpc) is 2.96. The predicted octanol–water partition coefficient (Wildman–Crippen LogP) is 1.05. The molecule has 1 aromatic heterocycles. The molecule has 2 aromatic rings. The van der Waals surface area contributed by atoms with Crippen LogP contribution in [-0.2, 0) is 14.6 Å². The quantitative estimate of drug-likeness (QED) is 0.595. The van der Waals surface area contributed by atoms with Gasteiger partial charge in [0, 0.05) is 11.6 Å². The van der Waals surface area contributed by atoms with Crippen LogP contribution in [0.4, 0.5) is 5.13 Å². The molecule has 0 aliphatic carbocycles. The largest absolute Gasteiger partial charge is 0.425 e. The van der Waals surface area contributed by atoms with Crippen molar-refractivity contribution in [1.82, 2.24) is 4.98 Å². The SMILES string of the molecule is C[C@H](N)C(=O)Oc1ccccc1C(=O)Nc1nc(S(C)(=O)=O)cs1. The maximum absolute atomic E-state index is 12.3. The number of nitrogens with two attached hydrogens (primary N) is 1. The molecule has 0 fully saturated rings. The summed E-state index contributed by atoms with van der Waals surface area (Å²) in [5.74, 6) is -1.21. The summed E-state index contributed by atoms with van der Waals surface area (Å²) in [6.45, 7) is 1.47. The first kappa shape index (κ1) is 18.0. The van der Waals surface area contributed by atoms with Crippen LogP contribution in [0.3, 0.4) is 0 Å². The highest BCUT2D eigenvalue weighted by atomic mass is 32.2. The number of nitrogens with one attached hydrogen (secondary N) is 1. The molecule has 3 N–H and O–H groups in total. The van der Waals surface area contributed by atoms with Gasteiger partial charge in [-0.2, -0.15) is 0 Å². The summed E-state index contributed by atoms with van der Waals surface area (Å²) in [7, 11) is -3.45. The number of esters is 1. The van der Waals surface area contributed by atoms with E-state index >= 15 is 0 Å². The molecule has 0 unspecified atom stereocenters. The number of rotatable bonds is 5. The highest BCUT2D eigenvalue weighted by Gasteiger charge is 2.19. The fraction of sp³-hybridized carbons (Fsp3) is 0.214. The molecular weight excluding hydrogens is 354 g/mol. The Labute approximate surface area is 142 Å². The molecule has 0 bridgehead atoms. The van der Waals surface area contributed by atoms with Crippen molar-refractivity contribution < 1.29 is 22.7 Å². The molecule has 10 heteroatoms. The summed E-state index contributed by atoms with van der Waals surface area (Å²) in [4.78, 5) is 27.8. The van der Waals surface area contributed by atoms with Crippen molar-refractivity contribution in [2.24, 2.45) is 5.73 Å². The number of benzene rings is 1. The van der Waals surface area contributed by atoms with Crippen LogP contribution in [-0.4, -0.2) is 37.6 Å². The minimum Gasteiger partial charge on any atom is -0.425 e. The first-order valence-corrected chi connectivity index (χ1v) is 9.49. The molecule has 1 heterocycles. The Morgan fingerprint density at radius 3 is 2.58 bits per heavy atom. The fourth-order valence-corrected chi connectivity index (χ4v) is 3.32. The monoisotopic (exact) mass is 369 g/mol. The van der Waals surface area contributed by atoms with Crippen molar-refractivity contribution in [3.63, 3.8) is 0 Å². The third kappa shape index (κ3) is 4.37. The predicted molar refractivity (Wildman–Crippen MR) is 88.9 cm³/mol. The second-order valence-corrected chi connectivity index (χ2v) is 7.74. The van der Waals surface area contributed by atoms with Gasteiger partial charge in [-0.3, -0.25) is 10.1 Å². The van der Waals surface area contributed by atoms with Crippen LogP contribution in [0, 0.1) is 0 Å². The number of nitrogens with zero attached hydrogens (tertiary/aromatic N) is 1. The van der Waals surface area contributed by atoms with Gasteiger partial charge in [0.2, 0.25) is 0 Å². The first-order chi connectivity index (χ1) is 11.2. The Morgan fingerprint density at radius 1 is 1.33 bits per heavy atom. The molecule has 1 amide bonds. The highest BCUT2D eigenvalue weighted by molar-refractivity contribution is 7.90. The van der Waals surface area contributed by atoms with Gasteiger partial charge in [0.25, 0.3) is 5.91 Å². The normalized spacial score (nSPS) is 12.5. The van der Waals surface area contributed by atoms with Gasteiger partial charge in [-0.1, -0.05) is 12.1 Å². The highest BCUT2D eigenvalue weighted by Crippen LogP contribution is 2.23. The van der Waals surface area contributed by atoms with E-state index in [4.69, 9.17) is 10.5 Å². The number of aromatic nitrogens is 1. The van der Waals surface area contributed by atoms with Gasteiger partial charge in [0.1, 0.15) is 11.8 Å². The summed E-state index contributed by atoms with van der Waals surface area (Å²) >= 11 is 0.974. The second kappa shape index (κ2) is 7.07. The van der Waals surface area contributed by atoms with Crippen molar-refractivity contribution in [2.45, 2.75) is 18.0 Å². The van der Waals surface area contributed by atoms with Gasteiger partial charge < -0.3 is 10.5 Å². The van der Waals surface area contributed by atoms with E-state index in [2.05, 4.69) is 10.3 Å². The number of carbonyl (C=O) groups is 2. The number of para-hydroxylation sites is 1. The molecule has 1 atom stereocenters. The number of amides is 1. The van der Waals surface area contributed by atoms with Crippen LogP contribution < -0.4 is 15.8 Å². The van der Waals surface area contributed by atoms with Crippen LogP contribution >= 0.6 is 11.3 Å². The Morgan fingerprint density at radius 2 is 2.00 bits per heavy atom. The Kier molecular flexibility index (Phi) is 5.32. The van der Waals surface area contributed by atoms with Gasteiger partial charge >= 0.3 is 5.97 Å². The van der Waals surface area contributed by atoms with Crippen LogP contribution in [0.2, 0.25) is 0 Å². The lowest BCUT2D eigenvalue weighted by Gasteiger charge is -2.10. The lowest BCUT2D eigenvalue weighted by Crippen LogP contribution is -2.31. The van der Waals surface area contributed by atoms with E-state index < -0.39 is 27.8 Å². The summed E-state index contributed by atoms with van der Waals surface area (Å²) < 4.78 is 27.9. The lowest BCUT2D eigenvalue weighted by atomic mass is 10.2. The van der Waals surface area contributed by atoms with Crippen molar-refractivity contribution in [1.29, 1.82) is 0 Å². The summed E-state index contributed by atoms with van der Waals surface area (Å²) in [6, 6.07) is 5.29. The third-order valence-corrected chi connectivity index (χ3v) is 4.67. The van der Waals surface area contributed by atoms with E-state index in [1.807, 2.05) is 0 Å². The van der Waals surface area contributed by atoms with Crippen molar-refractivity contribution in [3.8, 4) is 5.75 Å². The lowest BCUT2D eigenvalue weighted by molar-refractivity contribution is -0.135. The number of hydrogen-bond acceptors (Lipinski definition) is 8. The van der Waals surface area contributed by atoms with E-state index in [0.29, 0.717) is 0 Å². The topological polar surface area (TPSA) is 128 Å². The number of ether oxygens (including phenoxy) is 1. The van der Waals surface area contributed by atoms with Crippen LogP contribution in [0.15, 0.2) is 34.7 Å². The van der Waals surface area contributed by atoms with E-state index in [9.17, 15) is 18.0 Å². The van der Waals surface area contributed by atoms with Crippen LogP contribution in [0.25, 0.3) is 0 Å². The minimum absolute atomic E-state index is 0.0530. The molecule has 1 aromatic carbocycles. The second-order valence-electron chi connectivity index (χ2n) is 4.92. The molecule has 24 heavy (non-hydrogen) atoms. The van der Waals surface area contributed by atoms with Gasteiger partial charge in [0.05, 0.1) is 5.56 Å². The Bertz CT molecular complexity index is 874. The van der Waals surface area contributed by atoms with Crippen LogP contribution in [0.5, 0.6) is 5.75 Å². The average molecular weight is 369 g/mol. The molecule has 0 radical (unpaired) electrons. The molecule has 8 nitrogen and oxygen atoms in total. The molecule has 0 saturated heterocycles. The summed E-state index contributed by atoms with van der Waals surface area (Å²) in [5, 5.41) is 3.80. The van der Waals surface area contributed by atoms with Gasteiger partial charge in [-0.05, 0) is 19.1 Å². The molecular formula is C14H15N3O5S2. The maximum atomic E-state index is 12.3. The fourth-order valence-electron chi connectivity index (χ4n) is 1.60. The molecule has 0 aliphatic rings. The molecule has 0 aliphatic heterocycles. The summed E-state index contributed by atoms with van der Waals surface area (Å²) in [6.07, 6.45) is 1.02. The van der Waals surface area contributed by atoms with E-state index in [1.165, 1.54) is 24.4 Å². The third-order valence-electron chi connectivity index (χ3n) is 2.80. The van der Waals surface area contributed by atoms with Crippen molar-refractivity contribution in [3.05, 3.63) is 35.2 Å². The van der Waals surface area contributed by atoms with Crippen molar-refractivity contribution >= 4 is 38.2 Å². The Balaban J connectivity index is 2.21. The van der Waals surface area contributed by atoms with E-state index in [-0.39, 0.29) is 21.5 Å².